The third kappa shape index (κ3) is 5.72. The van der Waals surface area contributed by atoms with Gasteiger partial charge in [0, 0.05) is 30.3 Å². The van der Waals surface area contributed by atoms with Crippen molar-refractivity contribution in [1.82, 2.24) is 10.2 Å². The molecule has 7 nitrogen and oxygen atoms in total. The molecule has 0 atom stereocenters. The molecule has 0 saturated carbocycles. The van der Waals surface area contributed by atoms with Crippen molar-refractivity contribution >= 4 is 11.8 Å². The van der Waals surface area contributed by atoms with Crippen LogP contribution in [0, 0.1) is 0 Å². The number of amides is 2. The predicted molar refractivity (Wildman–Crippen MR) is 123 cm³/mol. The van der Waals surface area contributed by atoms with E-state index in [0.717, 1.165) is 0 Å². The van der Waals surface area contributed by atoms with Crippen molar-refractivity contribution in [1.29, 1.82) is 0 Å². The number of nitrogens with one attached hydrogen (secondary N) is 1. The predicted octanol–water partition coefficient (Wildman–Crippen LogP) is 3.92. The van der Waals surface area contributed by atoms with Crippen LogP contribution in [0.25, 0.3) is 0 Å². The Morgan fingerprint density at radius 3 is 1.97 bits per heavy atom. The lowest BCUT2D eigenvalue weighted by Crippen LogP contribution is -2.46. The molecule has 0 aliphatic carbocycles. The molecule has 0 unspecified atom stereocenters. The molecule has 2 aromatic carbocycles. The maximum absolute atomic E-state index is 13.0. The molecule has 32 heavy (non-hydrogen) atoms. The summed E-state index contributed by atoms with van der Waals surface area (Å²) in [4.78, 5) is 27.5. The summed E-state index contributed by atoms with van der Waals surface area (Å²) in [6.45, 7) is 8.23. The molecule has 172 valence electrons. The fourth-order valence-electron chi connectivity index (χ4n) is 3.78. The Morgan fingerprint density at radius 2 is 1.44 bits per heavy atom. The fourth-order valence-corrected chi connectivity index (χ4v) is 3.78. The monoisotopic (exact) mass is 440 g/mol. The van der Waals surface area contributed by atoms with Gasteiger partial charge in [-0.1, -0.05) is 18.2 Å². The lowest BCUT2D eigenvalue weighted by molar-refractivity contribution is 0.0698. The molecule has 2 aromatic rings. The molecule has 3 rings (SSSR count). The van der Waals surface area contributed by atoms with Gasteiger partial charge >= 0.3 is 0 Å². The highest BCUT2D eigenvalue weighted by molar-refractivity contribution is 5.96. The smallest absolute Gasteiger partial charge is 0.253 e. The second kappa shape index (κ2) is 11.4. The molecule has 1 heterocycles. The third-order valence-electron chi connectivity index (χ3n) is 5.31. The van der Waals surface area contributed by atoms with Gasteiger partial charge in [0.05, 0.1) is 19.8 Å². The average Bonchev–Trinajstić information content (AvgIpc) is 2.82. The Hall–Kier alpha value is -3.22. The topological polar surface area (TPSA) is 77.1 Å². The number of hydrogen-bond acceptors (Lipinski definition) is 5. The van der Waals surface area contributed by atoms with Crippen LogP contribution in [-0.4, -0.2) is 55.7 Å². The Bertz CT molecular complexity index is 881. The van der Waals surface area contributed by atoms with Gasteiger partial charge in [0.2, 0.25) is 5.75 Å². The normalized spacial score (nSPS) is 14.0. The summed E-state index contributed by atoms with van der Waals surface area (Å²) in [5, 5.41) is 3.10. The van der Waals surface area contributed by atoms with Crippen LogP contribution in [0.4, 0.5) is 0 Å². The highest BCUT2D eigenvalue weighted by atomic mass is 16.5. The maximum atomic E-state index is 13.0. The molecule has 1 aliphatic heterocycles. The molecular weight excluding hydrogens is 408 g/mol. The molecule has 2 amide bonds. The first kappa shape index (κ1) is 23.4. The number of carbonyl (C=O) groups is 2. The van der Waals surface area contributed by atoms with E-state index in [1.165, 1.54) is 0 Å². The number of ether oxygens (including phenoxy) is 3. The first-order chi connectivity index (χ1) is 15.6. The van der Waals surface area contributed by atoms with E-state index in [9.17, 15) is 9.59 Å². The first-order valence-corrected chi connectivity index (χ1v) is 11.3. The van der Waals surface area contributed by atoms with Crippen LogP contribution >= 0.6 is 0 Å². The van der Waals surface area contributed by atoms with Crippen LogP contribution in [0.1, 0.15) is 54.3 Å². The first-order valence-electron chi connectivity index (χ1n) is 11.3. The van der Waals surface area contributed by atoms with Crippen molar-refractivity contribution < 1.29 is 23.8 Å². The summed E-state index contributed by atoms with van der Waals surface area (Å²) in [7, 11) is 0. The molecule has 0 spiro atoms. The highest BCUT2D eigenvalue weighted by Crippen LogP contribution is 2.39. The quantitative estimate of drug-likeness (QED) is 0.640. The van der Waals surface area contributed by atoms with Crippen molar-refractivity contribution in [2.24, 2.45) is 0 Å². The minimum atomic E-state index is -0.192. The number of benzene rings is 2. The van der Waals surface area contributed by atoms with Gasteiger partial charge in [0.15, 0.2) is 11.5 Å². The van der Waals surface area contributed by atoms with Crippen molar-refractivity contribution in [3.63, 3.8) is 0 Å². The second-order valence-electron chi connectivity index (χ2n) is 7.51. The molecule has 7 heteroatoms. The summed E-state index contributed by atoms with van der Waals surface area (Å²) in [5.41, 5.74) is 1.15. The van der Waals surface area contributed by atoms with E-state index in [4.69, 9.17) is 14.2 Å². The zero-order chi connectivity index (χ0) is 22.9. The highest BCUT2D eigenvalue weighted by Gasteiger charge is 2.26. The van der Waals surface area contributed by atoms with E-state index >= 15 is 0 Å². The van der Waals surface area contributed by atoms with Crippen LogP contribution < -0.4 is 19.5 Å². The van der Waals surface area contributed by atoms with E-state index in [-0.39, 0.29) is 17.9 Å². The van der Waals surface area contributed by atoms with Crippen molar-refractivity contribution in [3.8, 4) is 17.2 Å². The van der Waals surface area contributed by atoms with Crippen LogP contribution in [0.2, 0.25) is 0 Å². The van der Waals surface area contributed by atoms with Crippen LogP contribution in [0.15, 0.2) is 42.5 Å². The zero-order valence-corrected chi connectivity index (χ0v) is 19.1. The number of nitrogens with zero attached hydrogens (tertiary/aromatic N) is 1. The molecule has 1 saturated heterocycles. The molecule has 0 radical (unpaired) electrons. The Balaban J connectivity index is 1.66. The lowest BCUT2D eigenvalue weighted by atomic mass is 10.0. The van der Waals surface area contributed by atoms with Crippen LogP contribution in [-0.2, 0) is 0 Å². The Labute approximate surface area is 189 Å². The molecule has 0 aromatic heterocycles. The molecule has 1 fully saturated rings. The van der Waals surface area contributed by atoms with Crippen LogP contribution in [0.3, 0.4) is 0 Å². The summed E-state index contributed by atoms with van der Waals surface area (Å²) in [5.74, 6) is 1.34. The van der Waals surface area contributed by atoms with Gasteiger partial charge in [-0.3, -0.25) is 9.59 Å². The van der Waals surface area contributed by atoms with Gasteiger partial charge < -0.3 is 24.4 Å². The van der Waals surface area contributed by atoms with Crippen molar-refractivity contribution in [2.45, 2.75) is 39.7 Å². The van der Waals surface area contributed by atoms with E-state index in [0.29, 0.717) is 74.1 Å². The SMILES string of the molecule is CCOc1cc(C(=O)NC2CCN(C(=O)c3ccccc3)CC2)cc(OCC)c1OCC. The minimum Gasteiger partial charge on any atom is -0.490 e. The van der Waals surface area contributed by atoms with Crippen molar-refractivity contribution in [3.05, 3.63) is 53.6 Å². The number of hydrogen-bond donors (Lipinski definition) is 1. The average molecular weight is 441 g/mol. The Morgan fingerprint density at radius 1 is 0.875 bits per heavy atom. The van der Waals surface area contributed by atoms with Crippen LogP contribution in [0.5, 0.6) is 17.2 Å². The van der Waals surface area contributed by atoms with Gasteiger partial charge in [0.1, 0.15) is 0 Å². The zero-order valence-electron chi connectivity index (χ0n) is 19.1. The minimum absolute atomic E-state index is 0.0000197. The standard InChI is InChI=1S/C25H32N2O5/c1-4-30-21-16-19(17-22(31-5-2)23(21)32-6-3)24(28)26-20-12-14-27(15-13-20)25(29)18-10-8-7-9-11-18/h7-11,16-17,20H,4-6,12-15H2,1-3H3,(H,26,28). The van der Waals surface area contributed by atoms with E-state index in [1.807, 2.05) is 56.0 Å². The molecule has 1 aliphatic rings. The van der Waals surface area contributed by atoms with Gasteiger partial charge in [0.25, 0.3) is 11.8 Å². The van der Waals surface area contributed by atoms with Gasteiger partial charge in [-0.25, -0.2) is 0 Å². The fraction of sp³-hybridized carbons (Fsp3) is 0.440. The molecule has 0 bridgehead atoms. The summed E-state index contributed by atoms with van der Waals surface area (Å²) < 4.78 is 17.1. The van der Waals surface area contributed by atoms with E-state index in [1.54, 1.807) is 12.1 Å². The van der Waals surface area contributed by atoms with Gasteiger partial charge in [-0.05, 0) is 57.9 Å². The third-order valence-corrected chi connectivity index (χ3v) is 5.31. The Kier molecular flexibility index (Phi) is 8.36. The number of piperidine rings is 1. The molecular formula is C25H32N2O5. The summed E-state index contributed by atoms with van der Waals surface area (Å²) in [6, 6.07) is 12.7. The lowest BCUT2D eigenvalue weighted by Gasteiger charge is -2.32. The number of rotatable bonds is 9. The van der Waals surface area contributed by atoms with E-state index in [2.05, 4.69) is 5.32 Å². The number of carbonyl (C=O) groups excluding carboxylic acids is 2. The summed E-state index contributed by atoms with van der Waals surface area (Å²) in [6.07, 6.45) is 1.41. The number of likely N-dealkylation sites (tertiary alicyclic amines) is 1. The second-order valence-corrected chi connectivity index (χ2v) is 7.51. The van der Waals surface area contributed by atoms with E-state index < -0.39 is 0 Å². The molecule has 1 N–H and O–H groups in total. The summed E-state index contributed by atoms with van der Waals surface area (Å²) >= 11 is 0. The van der Waals surface area contributed by atoms with Crippen molar-refractivity contribution in [2.75, 3.05) is 32.9 Å². The van der Waals surface area contributed by atoms with Gasteiger partial charge in [-0.2, -0.15) is 0 Å². The largest absolute Gasteiger partial charge is 0.490 e. The maximum Gasteiger partial charge on any atom is 0.253 e. The van der Waals surface area contributed by atoms with Gasteiger partial charge in [-0.15, -0.1) is 0 Å².